The van der Waals surface area contributed by atoms with Crippen LogP contribution in [0.5, 0.6) is 0 Å². The van der Waals surface area contributed by atoms with Crippen LogP contribution in [0, 0.1) is 0 Å². The molecule has 3 aromatic carbocycles. The maximum atomic E-state index is 5.67. The van der Waals surface area contributed by atoms with E-state index in [1.807, 2.05) is 84.9 Å². The zero-order chi connectivity index (χ0) is 27.3. The standard InChI is InChI=1S/C30H36N6S2/c1-5-35(6-2)29(37)33-27(23-17-11-9-12-18-23)31-25-21-15-16-22-26(25)32-28(24-19-13-10-14-20-24)34-30(38)36(7-3)8-4/h9-22H,5-8H2,1-4H3,(H,31,33,37)(H,32,34,38). The van der Waals surface area contributed by atoms with Gasteiger partial charge in [-0.2, -0.15) is 0 Å². The average Bonchev–Trinajstić information content (AvgIpc) is 2.95. The van der Waals surface area contributed by atoms with Crippen LogP contribution in [-0.4, -0.2) is 57.9 Å². The average molecular weight is 545 g/mol. The van der Waals surface area contributed by atoms with Gasteiger partial charge in [0.15, 0.2) is 10.2 Å². The number of hydrogen-bond acceptors (Lipinski definition) is 2. The van der Waals surface area contributed by atoms with Crippen molar-refractivity contribution in [1.82, 2.24) is 9.80 Å². The second-order valence-electron chi connectivity index (χ2n) is 8.36. The summed E-state index contributed by atoms with van der Waals surface area (Å²) in [4.78, 5) is 13.8. The fraction of sp³-hybridized carbons (Fsp3) is 0.267. The van der Waals surface area contributed by atoms with Crippen molar-refractivity contribution in [2.75, 3.05) is 36.8 Å². The summed E-state index contributed by atoms with van der Waals surface area (Å²) in [6, 6.07) is 28.0. The molecule has 38 heavy (non-hydrogen) atoms. The molecule has 0 aliphatic rings. The zero-order valence-electron chi connectivity index (χ0n) is 22.5. The number of hydrogen-bond donors (Lipinski definition) is 2. The molecule has 3 aromatic rings. The van der Waals surface area contributed by atoms with Crippen LogP contribution < -0.4 is 10.6 Å². The van der Waals surface area contributed by atoms with E-state index in [2.05, 4.69) is 48.1 Å². The van der Waals surface area contributed by atoms with E-state index in [0.29, 0.717) is 21.9 Å². The van der Waals surface area contributed by atoms with Crippen LogP contribution in [-0.2, 0) is 0 Å². The van der Waals surface area contributed by atoms with E-state index in [9.17, 15) is 0 Å². The molecule has 0 aliphatic carbocycles. The highest BCUT2D eigenvalue weighted by Gasteiger charge is 2.14. The SMILES string of the molecule is CCN(CC)C(=S)/N=C(/Nc1ccccc1N/C(=N/C(=S)N(CC)CC)c1ccccc1)c1ccccc1. The molecule has 6 nitrogen and oxygen atoms in total. The highest BCUT2D eigenvalue weighted by Crippen LogP contribution is 2.23. The molecule has 0 aliphatic heterocycles. The van der Waals surface area contributed by atoms with E-state index < -0.39 is 0 Å². The molecule has 0 atom stereocenters. The molecule has 0 aromatic heterocycles. The van der Waals surface area contributed by atoms with Crippen molar-refractivity contribution in [3.05, 3.63) is 96.1 Å². The first-order valence-electron chi connectivity index (χ1n) is 13.0. The maximum Gasteiger partial charge on any atom is 0.197 e. The molecule has 0 spiro atoms. The minimum Gasteiger partial charge on any atom is -0.348 e. The summed E-state index contributed by atoms with van der Waals surface area (Å²) >= 11 is 11.3. The van der Waals surface area contributed by atoms with E-state index in [1.165, 1.54) is 0 Å². The Hall–Kier alpha value is -3.62. The van der Waals surface area contributed by atoms with E-state index in [1.54, 1.807) is 0 Å². The number of nitrogens with one attached hydrogen (secondary N) is 2. The van der Waals surface area contributed by atoms with Gasteiger partial charge in [0.25, 0.3) is 0 Å². The topological polar surface area (TPSA) is 55.3 Å². The van der Waals surface area contributed by atoms with Gasteiger partial charge in [-0.3, -0.25) is 0 Å². The molecule has 3 rings (SSSR count). The first kappa shape index (κ1) is 28.9. The van der Waals surface area contributed by atoms with Gasteiger partial charge >= 0.3 is 0 Å². The molecule has 0 fully saturated rings. The van der Waals surface area contributed by atoms with Gasteiger partial charge in [-0.25, -0.2) is 9.98 Å². The first-order chi connectivity index (χ1) is 18.5. The van der Waals surface area contributed by atoms with Crippen molar-refractivity contribution in [3.8, 4) is 0 Å². The van der Waals surface area contributed by atoms with Crippen molar-refractivity contribution in [1.29, 1.82) is 0 Å². The Balaban J connectivity index is 2.01. The van der Waals surface area contributed by atoms with Crippen LogP contribution in [0.15, 0.2) is 94.9 Å². The van der Waals surface area contributed by atoms with Crippen LogP contribution >= 0.6 is 24.4 Å². The van der Waals surface area contributed by atoms with Crippen LogP contribution in [0.4, 0.5) is 11.4 Å². The molecule has 0 unspecified atom stereocenters. The number of thiocarbonyl (C=S) groups is 2. The molecule has 8 heteroatoms. The van der Waals surface area contributed by atoms with Crippen LogP contribution in [0.2, 0.25) is 0 Å². The van der Waals surface area contributed by atoms with Gasteiger partial charge in [0.05, 0.1) is 11.4 Å². The molecule has 0 bridgehead atoms. The van der Waals surface area contributed by atoms with Gasteiger partial charge in [-0.05, 0) is 64.3 Å². The Labute approximate surface area is 237 Å². The van der Waals surface area contributed by atoms with Crippen molar-refractivity contribution < 1.29 is 0 Å². The van der Waals surface area contributed by atoms with Crippen molar-refractivity contribution in [3.63, 3.8) is 0 Å². The van der Waals surface area contributed by atoms with Crippen molar-refractivity contribution in [2.24, 2.45) is 9.98 Å². The lowest BCUT2D eigenvalue weighted by Gasteiger charge is -2.22. The van der Waals surface area contributed by atoms with Gasteiger partial charge in [-0.15, -0.1) is 0 Å². The number of nitrogens with zero attached hydrogens (tertiary/aromatic N) is 4. The van der Waals surface area contributed by atoms with E-state index in [0.717, 1.165) is 48.7 Å². The van der Waals surface area contributed by atoms with E-state index in [-0.39, 0.29) is 0 Å². The van der Waals surface area contributed by atoms with Gasteiger partial charge in [0.1, 0.15) is 11.7 Å². The molecule has 0 saturated heterocycles. The minimum absolute atomic E-state index is 0.544. The maximum absolute atomic E-state index is 5.67. The summed E-state index contributed by atoms with van der Waals surface area (Å²) in [5.74, 6) is 1.35. The predicted octanol–water partition coefficient (Wildman–Crippen LogP) is 6.66. The summed E-state index contributed by atoms with van der Waals surface area (Å²) in [5.41, 5.74) is 3.57. The monoisotopic (exact) mass is 544 g/mol. The lowest BCUT2D eigenvalue weighted by Crippen LogP contribution is -2.30. The normalized spacial score (nSPS) is 11.6. The number of amidine groups is 2. The molecule has 0 saturated carbocycles. The van der Waals surface area contributed by atoms with Gasteiger partial charge in [0, 0.05) is 37.3 Å². The highest BCUT2D eigenvalue weighted by molar-refractivity contribution is 7.80. The third kappa shape index (κ3) is 7.94. The van der Waals surface area contributed by atoms with Gasteiger partial charge in [-0.1, -0.05) is 72.8 Å². The quantitative estimate of drug-likeness (QED) is 0.188. The predicted molar refractivity (Wildman–Crippen MR) is 171 cm³/mol. The lowest BCUT2D eigenvalue weighted by atomic mass is 10.1. The summed E-state index contributed by atoms with van der Waals surface area (Å²) in [7, 11) is 0. The number of aliphatic imine (C=N–C) groups is 2. The summed E-state index contributed by atoms with van der Waals surface area (Å²) in [6.07, 6.45) is 0. The number of para-hydroxylation sites is 2. The Bertz CT molecular complexity index is 1150. The summed E-state index contributed by atoms with van der Waals surface area (Å²) in [6.45, 7) is 11.5. The van der Waals surface area contributed by atoms with Crippen LogP contribution in [0.1, 0.15) is 38.8 Å². The Morgan fingerprint density at radius 3 is 1.18 bits per heavy atom. The van der Waals surface area contributed by atoms with Crippen molar-refractivity contribution >= 4 is 57.7 Å². The highest BCUT2D eigenvalue weighted by atomic mass is 32.1. The number of anilines is 2. The fourth-order valence-corrected chi connectivity index (χ4v) is 4.50. The third-order valence-corrected chi connectivity index (χ3v) is 6.71. The number of benzene rings is 3. The zero-order valence-corrected chi connectivity index (χ0v) is 24.1. The molecule has 0 amide bonds. The Kier molecular flexibility index (Phi) is 11.4. The molecule has 0 heterocycles. The van der Waals surface area contributed by atoms with Gasteiger partial charge < -0.3 is 20.4 Å². The Morgan fingerprint density at radius 2 is 0.868 bits per heavy atom. The van der Waals surface area contributed by atoms with Crippen LogP contribution in [0.25, 0.3) is 0 Å². The molecule has 198 valence electrons. The second-order valence-corrected chi connectivity index (χ2v) is 9.09. The van der Waals surface area contributed by atoms with E-state index in [4.69, 9.17) is 34.4 Å². The fourth-order valence-electron chi connectivity index (χ4n) is 3.80. The molecular formula is C30H36N6S2. The summed E-state index contributed by atoms with van der Waals surface area (Å²) in [5, 5.41) is 8.15. The molecule has 2 N–H and O–H groups in total. The van der Waals surface area contributed by atoms with Gasteiger partial charge in [0.2, 0.25) is 0 Å². The summed E-state index contributed by atoms with van der Waals surface area (Å²) < 4.78 is 0. The van der Waals surface area contributed by atoms with Crippen LogP contribution in [0.3, 0.4) is 0 Å². The first-order valence-corrected chi connectivity index (χ1v) is 13.8. The number of rotatable bonds is 8. The second kappa shape index (κ2) is 15.0. The lowest BCUT2D eigenvalue weighted by molar-refractivity contribution is 0.469. The molecule has 0 radical (unpaired) electrons. The van der Waals surface area contributed by atoms with Crippen molar-refractivity contribution in [2.45, 2.75) is 27.7 Å². The Morgan fingerprint density at radius 1 is 0.553 bits per heavy atom. The third-order valence-electron chi connectivity index (χ3n) is 6.01. The smallest absolute Gasteiger partial charge is 0.197 e. The minimum atomic E-state index is 0.544. The largest absolute Gasteiger partial charge is 0.348 e. The van der Waals surface area contributed by atoms with E-state index >= 15 is 0 Å². The molecular weight excluding hydrogens is 509 g/mol.